The van der Waals surface area contributed by atoms with Crippen LogP contribution in [0.5, 0.6) is 5.75 Å². The van der Waals surface area contributed by atoms with E-state index in [1.165, 1.54) is 0 Å². The zero-order valence-corrected chi connectivity index (χ0v) is 18.2. The lowest BCUT2D eigenvalue weighted by molar-refractivity contribution is -0.118. The van der Waals surface area contributed by atoms with Crippen molar-refractivity contribution < 1.29 is 19.1 Å². The molecule has 1 saturated heterocycles. The third-order valence-electron chi connectivity index (χ3n) is 4.74. The molecule has 0 bridgehead atoms. The van der Waals surface area contributed by atoms with E-state index < -0.39 is 0 Å². The Balaban J connectivity index is 1.58. The van der Waals surface area contributed by atoms with Gasteiger partial charge in [-0.2, -0.15) is 0 Å². The summed E-state index contributed by atoms with van der Waals surface area (Å²) in [6, 6.07) is 10.7. The molecule has 1 heterocycles. The molecule has 6 nitrogen and oxygen atoms in total. The van der Waals surface area contributed by atoms with E-state index in [0.29, 0.717) is 23.5 Å². The molecule has 154 valence electrons. The van der Waals surface area contributed by atoms with Gasteiger partial charge in [0.25, 0.3) is 11.8 Å². The molecule has 7 heteroatoms. The number of nitrogens with one attached hydrogen (secondary N) is 2. The molecular weight excluding hydrogens is 436 g/mol. The van der Waals surface area contributed by atoms with Gasteiger partial charge in [-0.15, -0.1) is 0 Å². The summed E-state index contributed by atoms with van der Waals surface area (Å²) >= 11 is 3.51. The van der Waals surface area contributed by atoms with Crippen molar-refractivity contribution in [2.75, 3.05) is 25.1 Å². The second kappa shape index (κ2) is 9.89. The highest BCUT2D eigenvalue weighted by Gasteiger charge is 2.18. The predicted molar refractivity (Wildman–Crippen MR) is 115 cm³/mol. The van der Waals surface area contributed by atoms with Crippen LogP contribution in [0.3, 0.4) is 0 Å². The van der Waals surface area contributed by atoms with Gasteiger partial charge in [0.15, 0.2) is 6.61 Å². The van der Waals surface area contributed by atoms with Gasteiger partial charge in [-0.25, -0.2) is 0 Å². The van der Waals surface area contributed by atoms with Gasteiger partial charge in [0.2, 0.25) is 0 Å². The molecule has 0 unspecified atom stereocenters. The van der Waals surface area contributed by atoms with E-state index in [-0.39, 0.29) is 24.5 Å². The molecule has 1 aliphatic rings. The smallest absolute Gasteiger partial charge is 0.262 e. The highest BCUT2D eigenvalue weighted by molar-refractivity contribution is 9.10. The van der Waals surface area contributed by atoms with Crippen molar-refractivity contribution in [2.24, 2.45) is 0 Å². The van der Waals surface area contributed by atoms with Crippen LogP contribution in [0.4, 0.5) is 5.69 Å². The lowest BCUT2D eigenvalue weighted by Gasteiger charge is -2.14. The van der Waals surface area contributed by atoms with Crippen LogP contribution >= 0.6 is 15.9 Å². The quantitative estimate of drug-likeness (QED) is 0.654. The molecule has 0 radical (unpaired) electrons. The Hall–Kier alpha value is -2.38. The van der Waals surface area contributed by atoms with E-state index in [0.717, 1.165) is 35.0 Å². The van der Waals surface area contributed by atoms with Crippen LogP contribution in [-0.2, 0) is 9.53 Å². The SMILES string of the molecule is Cc1cc(OCC(=O)Nc2ccccc2C(=O)NC[C@@H]2CCCO2)cc(C)c1Br. The summed E-state index contributed by atoms with van der Waals surface area (Å²) in [5.41, 5.74) is 2.94. The lowest BCUT2D eigenvalue weighted by atomic mass is 10.1. The molecule has 0 saturated carbocycles. The second-order valence-electron chi connectivity index (χ2n) is 7.10. The molecule has 0 aliphatic carbocycles. The first-order valence-corrected chi connectivity index (χ1v) is 10.4. The fourth-order valence-corrected chi connectivity index (χ4v) is 3.45. The monoisotopic (exact) mass is 460 g/mol. The van der Waals surface area contributed by atoms with E-state index in [2.05, 4.69) is 26.6 Å². The minimum atomic E-state index is -0.331. The summed E-state index contributed by atoms with van der Waals surface area (Å²) in [7, 11) is 0. The molecule has 1 aliphatic heterocycles. The first-order valence-electron chi connectivity index (χ1n) is 9.62. The van der Waals surface area contributed by atoms with Gasteiger partial charge < -0.3 is 20.1 Å². The molecule has 0 spiro atoms. The van der Waals surface area contributed by atoms with E-state index in [1.807, 2.05) is 26.0 Å². The largest absolute Gasteiger partial charge is 0.484 e. The Bertz CT molecular complexity index is 871. The molecule has 3 rings (SSSR count). The molecular formula is C22H25BrN2O4. The molecule has 2 amide bonds. The van der Waals surface area contributed by atoms with Crippen molar-refractivity contribution in [2.45, 2.75) is 32.8 Å². The zero-order valence-electron chi connectivity index (χ0n) is 16.6. The van der Waals surface area contributed by atoms with Crippen LogP contribution in [-0.4, -0.2) is 37.7 Å². The molecule has 29 heavy (non-hydrogen) atoms. The Morgan fingerprint density at radius 3 is 2.62 bits per heavy atom. The summed E-state index contributed by atoms with van der Waals surface area (Å²) in [5, 5.41) is 5.64. The van der Waals surface area contributed by atoms with Crippen LogP contribution in [0.15, 0.2) is 40.9 Å². The van der Waals surface area contributed by atoms with Gasteiger partial charge in [0, 0.05) is 17.6 Å². The standard InChI is InChI=1S/C22H25BrN2O4/c1-14-10-17(11-15(2)21(14)23)29-13-20(26)25-19-8-4-3-7-18(19)22(27)24-12-16-6-5-9-28-16/h3-4,7-8,10-11,16H,5-6,9,12-13H2,1-2H3,(H,24,27)(H,25,26)/t16-/m0/s1. The van der Waals surface area contributed by atoms with Gasteiger partial charge in [-0.05, 0) is 62.1 Å². The van der Waals surface area contributed by atoms with Gasteiger partial charge in [0.1, 0.15) is 5.75 Å². The summed E-state index contributed by atoms with van der Waals surface area (Å²) in [5.74, 6) is 0.0556. The number of benzene rings is 2. The Labute approximate surface area is 179 Å². The normalized spacial score (nSPS) is 15.8. The number of hydrogen-bond acceptors (Lipinski definition) is 4. The number of amides is 2. The van der Waals surface area contributed by atoms with Crippen LogP contribution < -0.4 is 15.4 Å². The Morgan fingerprint density at radius 1 is 1.21 bits per heavy atom. The van der Waals surface area contributed by atoms with Gasteiger partial charge >= 0.3 is 0 Å². The first kappa shape index (κ1) is 21.3. The molecule has 2 aromatic rings. The van der Waals surface area contributed by atoms with E-state index in [9.17, 15) is 9.59 Å². The van der Waals surface area contributed by atoms with Crippen molar-refractivity contribution in [3.63, 3.8) is 0 Å². The van der Waals surface area contributed by atoms with Crippen molar-refractivity contribution >= 4 is 33.4 Å². The number of carbonyl (C=O) groups excluding carboxylic acids is 2. The molecule has 0 aromatic heterocycles. The third-order valence-corrected chi connectivity index (χ3v) is 5.99. The summed E-state index contributed by atoms with van der Waals surface area (Å²) in [6.45, 7) is 4.99. The highest BCUT2D eigenvalue weighted by atomic mass is 79.9. The fraction of sp³-hybridized carbons (Fsp3) is 0.364. The second-order valence-corrected chi connectivity index (χ2v) is 7.89. The van der Waals surface area contributed by atoms with Crippen LogP contribution in [0.2, 0.25) is 0 Å². The Morgan fingerprint density at radius 2 is 1.93 bits per heavy atom. The lowest BCUT2D eigenvalue weighted by Crippen LogP contribution is -2.32. The minimum absolute atomic E-state index is 0.0620. The van der Waals surface area contributed by atoms with Crippen LogP contribution in [0.1, 0.15) is 34.3 Å². The number of carbonyl (C=O) groups is 2. The average molecular weight is 461 g/mol. The molecule has 1 fully saturated rings. The molecule has 1 atom stereocenters. The van der Waals surface area contributed by atoms with Crippen molar-refractivity contribution in [1.82, 2.24) is 5.32 Å². The summed E-state index contributed by atoms with van der Waals surface area (Å²) < 4.78 is 12.2. The van der Waals surface area contributed by atoms with E-state index in [1.54, 1.807) is 24.3 Å². The topological polar surface area (TPSA) is 76.7 Å². The first-order chi connectivity index (χ1) is 13.9. The Kier molecular flexibility index (Phi) is 7.28. The number of halogens is 1. The minimum Gasteiger partial charge on any atom is -0.484 e. The van der Waals surface area contributed by atoms with Crippen LogP contribution in [0.25, 0.3) is 0 Å². The molecule has 2 N–H and O–H groups in total. The third kappa shape index (κ3) is 5.81. The van der Waals surface area contributed by atoms with Gasteiger partial charge in [0.05, 0.1) is 17.4 Å². The maximum Gasteiger partial charge on any atom is 0.262 e. The number of aryl methyl sites for hydroxylation is 2. The van der Waals surface area contributed by atoms with Crippen LogP contribution in [0, 0.1) is 13.8 Å². The van der Waals surface area contributed by atoms with Crippen molar-refractivity contribution in [1.29, 1.82) is 0 Å². The maximum absolute atomic E-state index is 12.5. The van der Waals surface area contributed by atoms with Crippen molar-refractivity contribution in [3.05, 3.63) is 57.6 Å². The average Bonchev–Trinajstić information content (AvgIpc) is 3.22. The fourth-order valence-electron chi connectivity index (χ4n) is 3.22. The number of para-hydroxylation sites is 1. The van der Waals surface area contributed by atoms with Gasteiger partial charge in [-0.1, -0.05) is 28.1 Å². The van der Waals surface area contributed by atoms with Gasteiger partial charge in [-0.3, -0.25) is 9.59 Å². The van der Waals surface area contributed by atoms with Crippen molar-refractivity contribution in [3.8, 4) is 5.75 Å². The predicted octanol–water partition coefficient (Wildman–Crippen LogP) is 3.99. The summed E-state index contributed by atoms with van der Waals surface area (Å²) in [6.07, 6.45) is 2.03. The number of hydrogen-bond donors (Lipinski definition) is 2. The maximum atomic E-state index is 12.5. The zero-order chi connectivity index (χ0) is 20.8. The van der Waals surface area contributed by atoms with E-state index >= 15 is 0 Å². The number of ether oxygens (including phenoxy) is 2. The highest BCUT2D eigenvalue weighted by Crippen LogP contribution is 2.26. The number of rotatable bonds is 7. The summed E-state index contributed by atoms with van der Waals surface area (Å²) in [4.78, 5) is 24.9. The van der Waals surface area contributed by atoms with E-state index in [4.69, 9.17) is 9.47 Å². The number of anilines is 1. The molecule has 2 aromatic carbocycles.